The topological polar surface area (TPSA) is 34.1 Å². The predicted octanol–water partition coefficient (Wildman–Crippen LogP) is 7.15. The van der Waals surface area contributed by atoms with Gasteiger partial charge in [-0.25, -0.2) is 0 Å². The Bertz CT molecular complexity index is 490. The summed E-state index contributed by atoms with van der Waals surface area (Å²) < 4.78 is 0. The molecule has 0 aromatic heterocycles. The second-order valence-electron chi connectivity index (χ2n) is 7.68. The minimum absolute atomic E-state index is 0.143. The lowest BCUT2D eigenvalue weighted by molar-refractivity contribution is -0.120. The molecule has 0 radical (unpaired) electrons. The third-order valence-electron chi connectivity index (χ3n) is 4.53. The zero-order valence-corrected chi connectivity index (χ0v) is 17.8. The monoisotopic (exact) mass is 360 g/mol. The largest absolute Gasteiger partial charge is 0.299 e. The predicted molar refractivity (Wildman–Crippen MR) is 113 cm³/mol. The third kappa shape index (κ3) is 14.9. The molecule has 1 fully saturated rings. The summed E-state index contributed by atoms with van der Waals surface area (Å²) in [5.41, 5.74) is 2.51. The number of rotatable bonds is 10. The van der Waals surface area contributed by atoms with Gasteiger partial charge in [0, 0.05) is 12.3 Å². The number of carbonyl (C=O) groups excluding carboxylic acids is 2. The van der Waals surface area contributed by atoms with Gasteiger partial charge in [0.1, 0.15) is 5.78 Å². The Labute approximate surface area is 161 Å². The quantitative estimate of drug-likeness (QED) is 0.235. The number of hydrogen-bond donors (Lipinski definition) is 0. The van der Waals surface area contributed by atoms with E-state index in [1.54, 1.807) is 13.0 Å². The Morgan fingerprint density at radius 3 is 2.35 bits per heavy atom. The van der Waals surface area contributed by atoms with Crippen molar-refractivity contribution >= 4 is 11.6 Å². The zero-order valence-electron chi connectivity index (χ0n) is 17.8. The SMILES string of the molecule is CC(=O)C=C(C)CCC=C(C)C.CCCCC/C=C/CC1CCCC1=O. The summed E-state index contributed by atoms with van der Waals surface area (Å²) in [6, 6.07) is 0. The van der Waals surface area contributed by atoms with Crippen molar-refractivity contribution < 1.29 is 9.59 Å². The van der Waals surface area contributed by atoms with Crippen molar-refractivity contribution in [3.05, 3.63) is 35.5 Å². The van der Waals surface area contributed by atoms with Crippen LogP contribution in [-0.2, 0) is 9.59 Å². The van der Waals surface area contributed by atoms with Crippen LogP contribution in [0.1, 0.15) is 98.8 Å². The third-order valence-corrected chi connectivity index (χ3v) is 4.53. The molecule has 1 saturated carbocycles. The van der Waals surface area contributed by atoms with Gasteiger partial charge in [0.2, 0.25) is 0 Å². The summed E-state index contributed by atoms with van der Waals surface area (Å²) in [5, 5.41) is 0. The molecule has 0 amide bonds. The Kier molecular flexibility index (Phi) is 14.9. The maximum atomic E-state index is 11.3. The van der Waals surface area contributed by atoms with Crippen LogP contribution in [0.25, 0.3) is 0 Å². The van der Waals surface area contributed by atoms with E-state index in [0.717, 1.165) is 38.5 Å². The average Bonchev–Trinajstić information content (AvgIpc) is 2.95. The summed E-state index contributed by atoms with van der Waals surface area (Å²) in [4.78, 5) is 22.0. The Hall–Kier alpha value is -1.44. The highest BCUT2D eigenvalue weighted by Crippen LogP contribution is 2.24. The summed E-state index contributed by atoms with van der Waals surface area (Å²) in [6.45, 7) is 9.99. The van der Waals surface area contributed by atoms with Crippen LogP contribution in [0.5, 0.6) is 0 Å². The van der Waals surface area contributed by atoms with Crippen LogP contribution in [0.4, 0.5) is 0 Å². The van der Waals surface area contributed by atoms with Crippen LogP contribution in [0.15, 0.2) is 35.5 Å². The number of Topliss-reactive ketones (excluding diaryl/α,β-unsaturated/α-hetero) is 1. The van der Waals surface area contributed by atoms with E-state index in [4.69, 9.17) is 0 Å². The number of unbranched alkanes of at least 4 members (excludes halogenated alkanes) is 3. The van der Waals surface area contributed by atoms with Gasteiger partial charge in [-0.05, 0) is 78.7 Å². The minimum Gasteiger partial charge on any atom is -0.299 e. The first-order valence-corrected chi connectivity index (χ1v) is 10.4. The fraction of sp³-hybridized carbons (Fsp3) is 0.667. The average molecular weight is 361 g/mol. The normalized spacial score (nSPS) is 17.2. The van der Waals surface area contributed by atoms with E-state index >= 15 is 0 Å². The van der Waals surface area contributed by atoms with Crippen molar-refractivity contribution in [2.45, 2.75) is 98.8 Å². The second kappa shape index (κ2) is 15.8. The van der Waals surface area contributed by atoms with E-state index < -0.39 is 0 Å². The van der Waals surface area contributed by atoms with Crippen molar-refractivity contribution in [1.82, 2.24) is 0 Å². The number of hydrogen-bond acceptors (Lipinski definition) is 2. The highest BCUT2D eigenvalue weighted by molar-refractivity contribution is 5.87. The van der Waals surface area contributed by atoms with Gasteiger partial charge in [-0.1, -0.05) is 49.1 Å². The molecule has 0 saturated heterocycles. The van der Waals surface area contributed by atoms with E-state index in [2.05, 4.69) is 39.0 Å². The van der Waals surface area contributed by atoms with Crippen LogP contribution in [0, 0.1) is 5.92 Å². The van der Waals surface area contributed by atoms with Gasteiger partial charge in [0.25, 0.3) is 0 Å². The highest BCUT2D eigenvalue weighted by atomic mass is 16.1. The first-order chi connectivity index (χ1) is 12.4. The maximum Gasteiger partial charge on any atom is 0.152 e. The molecule has 1 unspecified atom stereocenters. The molecule has 0 heterocycles. The lowest BCUT2D eigenvalue weighted by atomic mass is 10.0. The molecule has 0 aromatic rings. The maximum absolute atomic E-state index is 11.3. The number of allylic oxidation sites excluding steroid dienone is 6. The Morgan fingerprint density at radius 1 is 1.08 bits per heavy atom. The van der Waals surface area contributed by atoms with Crippen LogP contribution < -0.4 is 0 Å². The van der Waals surface area contributed by atoms with Crippen molar-refractivity contribution in [2.75, 3.05) is 0 Å². The molecule has 2 nitrogen and oxygen atoms in total. The van der Waals surface area contributed by atoms with Gasteiger partial charge < -0.3 is 0 Å². The van der Waals surface area contributed by atoms with E-state index in [1.165, 1.54) is 36.8 Å². The van der Waals surface area contributed by atoms with Crippen molar-refractivity contribution in [1.29, 1.82) is 0 Å². The van der Waals surface area contributed by atoms with Gasteiger partial charge in [0.15, 0.2) is 5.78 Å². The molecule has 1 rings (SSSR count). The molecular formula is C24H40O2. The van der Waals surface area contributed by atoms with Crippen LogP contribution >= 0.6 is 0 Å². The van der Waals surface area contributed by atoms with E-state index in [-0.39, 0.29) is 5.78 Å². The molecule has 1 atom stereocenters. The van der Waals surface area contributed by atoms with Crippen molar-refractivity contribution in [2.24, 2.45) is 5.92 Å². The van der Waals surface area contributed by atoms with Crippen LogP contribution in [0.3, 0.4) is 0 Å². The summed E-state index contributed by atoms with van der Waals surface area (Å²) in [7, 11) is 0. The molecule has 1 aliphatic rings. The summed E-state index contributed by atoms with van der Waals surface area (Å²) in [5.74, 6) is 0.991. The van der Waals surface area contributed by atoms with Gasteiger partial charge in [-0.2, -0.15) is 0 Å². The first-order valence-electron chi connectivity index (χ1n) is 10.4. The Morgan fingerprint density at radius 2 is 1.81 bits per heavy atom. The second-order valence-corrected chi connectivity index (χ2v) is 7.68. The van der Waals surface area contributed by atoms with E-state index in [0.29, 0.717) is 11.7 Å². The fourth-order valence-electron chi connectivity index (χ4n) is 3.04. The van der Waals surface area contributed by atoms with Crippen LogP contribution in [-0.4, -0.2) is 11.6 Å². The Balaban J connectivity index is 0.000000488. The molecule has 0 bridgehead atoms. The molecule has 2 heteroatoms. The molecule has 0 N–H and O–H groups in total. The molecule has 26 heavy (non-hydrogen) atoms. The first kappa shape index (κ1) is 24.6. The fourth-order valence-corrected chi connectivity index (χ4v) is 3.04. The van der Waals surface area contributed by atoms with Gasteiger partial charge in [0.05, 0.1) is 0 Å². The van der Waals surface area contributed by atoms with Gasteiger partial charge >= 0.3 is 0 Å². The van der Waals surface area contributed by atoms with Crippen LogP contribution in [0.2, 0.25) is 0 Å². The van der Waals surface area contributed by atoms with Crippen molar-refractivity contribution in [3.63, 3.8) is 0 Å². The molecule has 1 aliphatic carbocycles. The molecule has 148 valence electrons. The molecular weight excluding hydrogens is 320 g/mol. The van der Waals surface area contributed by atoms with Gasteiger partial charge in [-0.3, -0.25) is 9.59 Å². The number of ketones is 2. The minimum atomic E-state index is 0.143. The molecule has 0 aliphatic heterocycles. The zero-order chi connectivity index (χ0) is 19.8. The molecule has 0 spiro atoms. The highest BCUT2D eigenvalue weighted by Gasteiger charge is 2.22. The standard InChI is InChI=1S/C13H22O.C11H18O/c1-2-3-4-5-6-7-9-12-10-8-11-13(12)14;1-9(2)6-5-7-10(3)8-11(4)12/h6-7,12H,2-5,8-11H2,1H3;6,8H,5,7H2,1-4H3/b7-6+;. The lowest BCUT2D eigenvalue weighted by Crippen LogP contribution is -2.03. The molecule has 0 aromatic carbocycles. The smallest absolute Gasteiger partial charge is 0.152 e. The van der Waals surface area contributed by atoms with Crippen molar-refractivity contribution in [3.8, 4) is 0 Å². The number of carbonyl (C=O) groups is 2. The van der Waals surface area contributed by atoms with Gasteiger partial charge in [-0.15, -0.1) is 0 Å². The lowest BCUT2D eigenvalue weighted by Gasteiger charge is -2.01. The van der Waals surface area contributed by atoms with E-state index in [1.807, 2.05) is 6.92 Å². The summed E-state index contributed by atoms with van der Waals surface area (Å²) in [6.07, 6.45) is 19.6. The summed E-state index contributed by atoms with van der Waals surface area (Å²) >= 11 is 0. The van der Waals surface area contributed by atoms with E-state index in [9.17, 15) is 9.59 Å².